The lowest BCUT2D eigenvalue weighted by molar-refractivity contribution is 0.218. The summed E-state index contributed by atoms with van der Waals surface area (Å²) in [6.07, 6.45) is 6.81. The van der Waals surface area contributed by atoms with Crippen molar-refractivity contribution in [3.63, 3.8) is 0 Å². The highest BCUT2D eigenvalue weighted by Gasteiger charge is 1.97. The van der Waals surface area contributed by atoms with Gasteiger partial charge in [-0.25, -0.2) is 0 Å². The summed E-state index contributed by atoms with van der Waals surface area (Å²) in [7, 11) is 0. The first-order chi connectivity index (χ1) is 8.33. The summed E-state index contributed by atoms with van der Waals surface area (Å²) in [4.78, 5) is 0. The average molecular weight is 233 g/mol. The molecular formula is C15H23NO. The Morgan fingerprint density at radius 2 is 2.00 bits per heavy atom. The minimum Gasteiger partial charge on any atom is -0.388 e. The summed E-state index contributed by atoms with van der Waals surface area (Å²) >= 11 is 0. The topological polar surface area (TPSA) is 32.3 Å². The van der Waals surface area contributed by atoms with Crippen LogP contribution in [0, 0.1) is 0 Å². The number of rotatable bonds is 8. The SMILES string of the molecule is C/C=C/C(O)CNCCCCc1ccccc1. The van der Waals surface area contributed by atoms with Gasteiger partial charge in [-0.2, -0.15) is 0 Å². The van der Waals surface area contributed by atoms with E-state index >= 15 is 0 Å². The number of hydrogen-bond donors (Lipinski definition) is 2. The molecule has 2 heteroatoms. The minimum atomic E-state index is -0.353. The molecule has 0 aliphatic rings. The first-order valence-electron chi connectivity index (χ1n) is 6.38. The predicted octanol–water partition coefficient (Wildman–Crippen LogP) is 2.54. The van der Waals surface area contributed by atoms with Gasteiger partial charge in [0.15, 0.2) is 0 Å². The van der Waals surface area contributed by atoms with Crippen molar-refractivity contribution in [2.24, 2.45) is 0 Å². The van der Waals surface area contributed by atoms with E-state index in [-0.39, 0.29) is 6.10 Å². The highest BCUT2D eigenvalue weighted by atomic mass is 16.3. The number of aryl methyl sites for hydroxylation is 1. The molecule has 94 valence electrons. The smallest absolute Gasteiger partial charge is 0.0845 e. The van der Waals surface area contributed by atoms with Crippen molar-refractivity contribution in [1.82, 2.24) is 5.32 Å². The number of aliphatic hydroxyl groups excluding tert-OH is 1. The molecule has 0 amide bonds. The molecule has 0 aliphatic carbocycles. The van der Waals surface area contributed by atoms with Crippen molar-refractivity contribution >= 4 is 0 Å². The molecule has 1 rings (SSSR count). The third kappa shape index (κ3) is 6.93. The Bertz CT molecular complexity index is 308. The van der Waals surface area contributed by atoms with Crippen LogP contribution in [0.15, 0.2) is 42.5 Å². The van der Waals surface area contributed by atoms with Crippen molar-refractivity contribution in [3.8, 4) is 0 Å². The second kappa shape index (κ2) is 8.97. The fraction of sp³-hybridized carbons (Fsp3) is 0.467. The maximum absolute atomic E-state index is 9.43. The zero-order valence-corrected chi connectivity index (χ0v) is 10.6. The van der Waals surface area contributed by atoms with Crippen LogP contribution in [0.4, 0.5) is 0 Å². The maximum Gasteiger partial charge on any atom is 0.0845 e. The number of benzene rings is 1. The average Bonchev–Trinajstić information content (AvgIpc) is 2.35. The molecule has 0 heterocycles. The molecule has 1 aromatic carbocycles. The summed E-state index contributed by atoms with van der Waals surface area (Å²) in [6, 6.07) is 10.6. The van der Waals surface area contributed by atoms with E-state index in [1.807, 2.05) is 19.1 Å². The fourth-order valence-electron chi connectivity index (χ4n) is 1.76. The highest BCUT2D eigenvalue weighted by molar-refractivity contribution is 5.14. The molecule has 2 N–H and O–H groups in total. The van der Waals surface area contributed by atoms with Gasteiger partial charge in [-0.3, -0.25) is 0 Å². The van der Waals surface area contributed by atoms with Gasteiger partial charge >= 0.3 is 0 Å². The third-order valence-corrected chi connectivity index (χ3v) is 2.68. The van der Waals surface area contributed by atoms with Crippen LogP contribution in [0.5, 0.6) is 0 Å². The van der Waals surface area contributed by atoms with Crippen molar-refractivity contribution in [1.29, 1.82) is 0 Å². The van der Waals surface area contributed by atoms with Gasteiger partial charge in [0, 0.05) is 6.54 Å². The normalized spacial score (nSPS) is 13.1. The van der Waals surface area contributed by atoms with Crippen LogP contribution in [0.2, 0.25) is 0 Å². The molecule has 0 fully saturated rings. The molecule has 0 saturated heterocycles. The van der Waals surface area contributed by atoms with Crippen LogP contribution in [0.3, 0.4) is 0 Å². The molecule has 17 heavy (non-hydrogen) atoms. The third-order valence-electron chi connectivity index (χ3n) is 2.68. The maximum atomic E-state index is 9.43. The zero-order chi connectivity index (χ0) is 12.3. The van der Waals surface area contributed by atoms with Gasteiger partial charge in [-0.1, -0.05) is 42.5 Å². The first kappa shape index (κ1) is 13.9. The molecule has 1 atom stereocenters. The van der Waals surface area contributed by atoms with E-state index in [9.17, 15) is 5.11 Å². The lowest BCUT2D eigenvalue weighted by atomic mass is 10.1. The minimum absolute atomic E-state index is 0.353. The van der Waals surface area contributed by atoms with E-state index in [2.05, 4.69) is 29.6 Å². The Morgan fingerprint density at radius 1 is 1.24 bits per heavy atom. The number of allylic oxidation sites excluding steroid dienone is 1. The first-order valence-corrected chi connectivity index (χ1v) is 6.38. The van der Waals surface area contributed by atoms with E-state index in [1.165, 1.54) is 12.0 Å². The van der Waals surface area contributed by atoms with Crippen LogP contribution in [-0.2, 0) is 6.42 Å². The molecule has 0 aromatic heterocycles. The summed E-state index contributed by atoms with van der Waals surface area (Å²) in [6.45, 7) is 3.54. The van der Waals surface area contributed by atoms with Gasteiger partial charge in [-0.15, -0.1) is 0 Å². The van der Waals surface area contributed by atoms with Crippen LogP contribution in [-0.4, -0.2) is 24.3 Å². The van der Waals surface area contributed by atoms with E-state index in [0.717, 1.165) is 19.4 Å². The lowest BCUT2D eigenvalue weighted by Gasteiger charge is -2.07. The second-order valence-corrected chi connectivity index (χ2v) is 4.24. The summed E-state index contributed by atoms with van der Waals surface area (Å²) in [5, 5.41) is 12.7. The zero-order valence-electron chi connectivity index (χ0n) is 10.6. The quantitative estimate of drug-likeness (QED) is 0.534. The number of aliphatic hydroxyl groups is 1. The Hall–Kier alpha value is -1.12. The largest absolute Gasteiger partial charge is 0.388 e. The van der Waals surface area contributed by atoms with Gasteiger partial charge in [0.05, 0.1) is 6.10 Å². The van der Waals surface area contributed by atoms with E-state index in [4.69, 9.17) is 0 Å². The standard InChI is InChI=1S/C15H23NO/c1-2-8-15(17)13-16-12-7-6-11-14-9-4-3-5-10-14/h2-5,8-10,15-17H,6-7,11-13H2,1H3/b8-2+. The van der Waals surface area contributed by atoms with Crippen LogP contribution in [0.25, 0.3) is 0 Å². The molecule has 1 aromatic rings. The molecular weight excluding hydrogens is 210 g/mol. The van der Waals surface area contributed by atoms with Crippen LogP contribution in [0.1, 0.15) is 25.3 Å². The van der Waals surface area contributed by atoms with Crippen molar-refractivity contribution in [3.05, 3.63) is 48.0 Å². The summed E-state index contributed by atoms with van der Waals surface area (Å²) < 4.78 is 0. The number of nitrogens with one attached hydrogen (secondary N) is 1. The Kier molecular flexibility index (Phi) is 7.35. The number of hydrogen-bond acceptors (Lipinski definition) is 2. The Balaban J connectivity index is 1.98. The van der Waals surface area contributed by atoms with E-state index < -0.39 is 0 Å². The van der Waals surface area contributed by atoms with E-state index in [1.54, 1.807) is 6.08 Å². The van der Waals surface area contributed by atoms with Gasteiger partial charge in [0.25, 0.3) is 0 Å². The molecule has 0 aliphatic heterocycles. The molecule has 0 bridgehead atoms. The Labute approximate surface area is 104 Å². The molecule has 0 spiro atoms. The van der Waals surface area contributed by atoms with Gasteiger partial charge < -0.3 is 10.4 Å². The summed E-state index contributed by atoms with van der Waals surface area (Å²) in [5.41, 5.74) is 1.40. The highest BCUT2D eigenvalue weighted by Crippen LogP contribution is 2.03. The van der Waals surface area contributed by atoms with Crippen molar-refractivity contribution in [2.75, 3.05) is 13.1 Å². The van der Waals surface area contributed by atoms with E-state index in [0.29, 0.717) is 6.54 Å². The molecule has 0 radical (unpaired) electrons. The van der Waals surface area contributed by atoms with Gasteiger partial charge in [-0.05, 0) is 38.3 Å². The molecule has 1 unspecified atom stereocenters. The monoisotopic (exact) mass is 233 g/mol. The number of unbranched alkanes of at least 4 members (excludes halogenated alkanes) is 1. The fourth-order valence-corrected chi connectivity index (χ4v) is 1.76. The molecule has 2 nitrogen and oxygen atoms in total. The van der Waals surface area contributed by atoms with Crippen LogP contribution < -0.4 is 5.32 Å². The lowest BCUT2D eigenvalue weighted by Crippen LogP contribution is -2.26. The van der Waals surface area contributed by atoms with Crippen molar-refractivity contribution in [2.45, 2.75) is 32.3 Å². The molecule has 0 saturated carbocycles. The van der Waals surface area contributed by atoms with Crippen LogP contribution >= 0.6 is 0 Å². The van der Waals surface area contributed by atoms with Crippen molar-refractivity contribution < 1.29 is 5.11 Å². The predicted molar refractivity (Wildman–Crippen MR) is 73.1 cm³/mol. The second-order valence-electron chi connectivity index (χ2n) is 4.24. The van der Waals surface area contributed by atoms with Gasteiger partial charge in [0.2, 0.25) is 0 Å². The van der Waals surface area contributed by atoms with Gasteiger partial charge in [0.1, 0.15) is 0 Å². The Morgan fingerprint density at radius 3 is 2.71 bits per heavy atom. The summed E-state index contributed by atoms with van der Waals surface area (Å²) in [5.74, 6) is 0.